The van der Waals surface area contributed by atoms with Crippen LogP contribution in [0.25, 0.3) is 0 Å². The van der Waals surface area contributed by atoms with E-state index in [1.54, 1.807) is 0 Å². The third-order valence-corrected chi connectivity index (χ3v) is 5.46. The van der Waals surface area contributed by atoms with E-state index in [0.29, 0.717) is 5.37 Å². The van der Waals surface area contributed by atoms with Crippen molar-refractivity contribution in [3.63, 3.8) is 0 Å². The molecule has 1 fully saturated rings. The van der Waals surface area contributed by atoms with Gasteiger partial charge in [0.05, 0.1) is 5.37 Å². The zero-order chi connectivity index (χ0) is 15.4. The van der Waals surface area contributed by atoms with Gasteiger partial charge in [-0.25, -0.2) is 0 Å². The van der Waals surface area contributed by atoms with E-state index >= 15 is 0 Å². The molecule has 1 aliphatic heterocycles. The van der Waals surface area contributed by atoms with Crippen molar-refractivity contribution in [1.29, 1.82) is 0 Å². The molecule has 1 heterocycles. The van der Waals surface area contributed by atoms with Gasteiger partial charge in [0.25, 0.3) is 0 Å². The Morgan fingerprint density at radius 3 is 2.14 bits per heavy atom. The lowest BCUT2D eigenvalue weighted by atomic mass is 10.2. The minimum Gasteiger partial charge on any atom is -0.369 e. The van der Waals surface area contributed by atoms with Crippen LogP contribution in [0.4, 0.5) is 5.69 Å². The highest BCUT2D eigenvalue weighted by molar-refractivity contribution is 7.99. The summed E-state index contributed by atoms with van der Waals surface area (Å²) in [4.78, 5) is 6.44. The molecule has 2 nitrogen and oxygen atoms in total. The summed E-state index contributed by atoms with van der Waals surface area (Å²) in [6.45, 7) is 8.96. The molecule has 22 heavy (non-hydrogen) atoms. The van der Waals surface area contributed by atoms with Crippen molar-refractivity contribution in [1.82, 2.24) is 4.90 Å². The number of thioether (sulfide) groups is 1. The first-order valence-corrected chi connectivity index (χ1v) is 8.88. The first kappa shape index (κ1) is 15.4. The lowest BCUT2D eigenvalue weighted by Gasteiger charge is -2.38. The molecule has 1 aliphatic rings. The van der Waals surface area contributed by atoms with Gasteiger partial charge in [0.1, 0.15) is 0 Å². The molecule has 1 atom stereocenters. The maximum atomic E-state index is 2.59. The van der Waals surface area contributed by atoms with E-state index in [-0.39, 0.29) is 0 Å². The SMILES string of the molecule is Cc1ccc(N2CCN(C(C)Sc3ccccc3)CC2)cc1. The summed E-state index contributed by atoms with van der Waals surface area (Å²) in [5, 5.41) is 0.530. The largest absolute Gasteiger partial charge is 0.369 e. The van der Waals surface area contributed by atoms with E-state index in [2.05, 4.69) is 78.2 Å². The Kier molecular flexibility index (Phi) is 5.06. The number of hydrogen-bond donors (Lipinski definition) is 0. The van der Waals surface area contributed by atoms with E-state index in [1.165, 1.54) is 16.1 Å². The van der Waals surface area contributed by atoms with Gasteiger partial charge in [0.2, 0.25) is 0 Å². The highest BCUT2D eigenvalue weighted by atomic mass is 32.2. The van der Waals surface area contributed by atoms with Crippen molar-refractivity contribution in [2.24, 2.45) is 0 Å². The number of hydrogen-bond acceptors (Lipinski definition) is 3. The van der Waals surface area contributed by atoms with Crippen LogP contribution in [-0.4, -0.2) is 36.5 Å². The minimum atomic E-state index is 0.530. The summed E-state index contributed by atoms with van der Waals surface area (Å²) in [5.41, 5.74) is 2.68. The summed E-state index contributed by atoms with van der Waals surface area (Å²) >= 11 is 1.96. The molecule has 1 unspecified atom stereocenters. The molecular formula is C19H24N2S. The van der Waals surface area contributed by atoms with Gasteiger partial charge >= 0.3 is 0 Å². The smallest absolute Gasteiger partial charge is 0.0577 e. The van der Waals surface area contributed by atoms with Crippen LogP contribution in [0.5, 0.6) is 0 Å². The summed E-state index contributed by atoms with van der Waals surface area (Å²) in [6, 6.07) is 19.6. The summed E-state index contributed by atoms with van der Waals surface area (Å²) in [7, 11) is 0. The number of aryl methyl sites for hydroxylation is 1. The molecule has 0 radical (unpaired) electrons. The number of piperazine rings is 1. The molecule has 2 aromatic carbocycles. The maximum absolute atomic E-state index is 2.59. The number of rotatable bonds is 4. The van der Waals surface area contributed by atoms with Crippen LogP contribution in [0.15, 0.2) is 59.5 Å². The summed E-state index contributed by atoms with van der Waals surface area (Å²) < 4.78 is 0. The molecule has 116 valence electrons. The van der Waals surface area contributed by atoms with Gasteiger partial charge in [0.15, 0.2) is 0 Å². The Balaban J connectivity index is 1.54. The van der Waals surface area contributed by atoms with Gasteiger partial charge < -0.3 is 4.90 Å². The second kappa shape index (κ2) is 7.21. The standard InChI is InChI=1S/C19H24N2S/c1-16-8-10-18(11-9-16)21-14-12-20(13-15-21)17(2)22-19-6-4-3-5-7-19/h3-11,17H,12-15H2,1-2H3. The van der Waals surface area contributed by atoms with Crippen molar-refractivity contribution in [2.45, 2.75) is 24.1 Å². The quantitative estimate of drug-likeness (QED) is 0.779. The Bertz CT molecular complexity index is 574. The predicted molar refractivity (Wildman–Crippen MR) is 96.7 cm³/mol. The average Bonchev–Trinajstić information content (AvgIpc) is 2.57. The Morgan fingerprint density at radius 2 is 1.50 bits per heavy atom. The van der Waals surface area contributed by atoms with Crippen LogP contribution < -0.4 is 4.90 Å². The van der Waals surface area contributed by atoms with Crippen molar-refractivity contribution < 1.29 is 0 Å². The second-order valence-electron chi connectivity index (χ2n) is 5.89. The molecule has 0 bridgehead atoms. The lowest BCUT2D eigenvalue weighted by molar-refractivity contribution is 0.251. The molecule has 1 saturated heterocycles. The van der Waals surface area contributed by atoms with Crippen molar-refractivity contribution in [2.75, 3.05) is 31.1 Å². The third-order valence-electron chi connectivity index (χ3n) is 4.28. The molecule has 0 saturated carbocycles. The molecule has 0 aromatic heterocycles. The van der Waals surface area contributed by atoms with Gasteiger partial charge in [-0.1, -0.05) is 35.9 Å². The van der Waals surface area contributed by atoms with Gasteiger partial charge in [-0.2, -0.15) is 0 Å². The van der Waals surface area contributed by atoms with E-state index in [0.717, 1.165) is 26.2 Å². The number of nitrogens with zero attached hydrogens (tertiary/aromatic N) is 2. The molecule has 3 heteroatoms. The van der Waals surface area contributed by atoms with Gasteiger partial charge in [0, 0.05) is 36.8 Å². The molecular weight excluding hydrogens is 288 g/mol. The monoisotopic (exact) mass is 312 g/mol. The van der Waals surface area contributed by atoms with Crippen molar-refractivity contribution in [3.8, 4) is 0 Å². The summed E-state index contributed by atoms with van der Waals surface area (Å²) in [6.07, 6.45) is 0. The third kappa shape index (κ3) is 3.84. The first-order valence-electron chi connectivity index (χ1n) is 8.00. The molecule has 2 aromatic rings. The van der Waals surface area contributed by atoms with Crippen LogP contribution in [0.2, 0.25) is 0 Å². The highest BCUT2D eigenvalue weighted by Crippen LogP contribution is 2.26. The highest BCUT2D eigenvalue weighted by Gasteiger charge is 2.21. The molecule has 3 rings (SSSR count). The fraction of sp³-hybridized carbons (Fsp3) is 0.368. The average molecular weight is 312 g/mol. The van der Waals surface area contributed by atoms with Crippen LogP contribution >= 0.6 is 11.8 Å². The molecule has 0 N–H and O–H groups in total. The van der Waals surface area contributed by atoms with Gasteiger partial charge in [-0.3, -0.25) is 4.90 Å². The minimum absolute atomic E-state index is 0.530. The zero-order valence-electron chi connectivity index (χ0n) is 13.4. The van der Waals surface area contributed by atoms with Gasteiger partial charge in [-0.15, -0.1) is 11.8 Å². The molecule has 0 amide bonds. The lowest BCUT2D eigenvalue weighted by Crippen LogP contribution is -2.48. The zero-order valence-corrected chi connectivity index (χ0v) is 14.2. The van der Waals surface area contributed by atoms with Crippen molar-refractivity contribution >= 4 is 17.4 Å². The topological polar surface area (TPSA) is 6.48 Å². The Morgan fingerprint density at radius 1 is 0.864 bits per heavy atom. The van der Waals surface area contributed by atoms with Crippen LogP contribution in [0.1, 0.15) is 12.5 Å². The van der Waals surface area contributed by atoms with E-state index in [4.69, 9.17) is 0 Å². The van der Waals surface area contributed by atoms with Crippen LogP contribution in [0, 0.1) is 6.92 Å². The second-order valence-corrected chi connectivity index (χ2v) is 7.28. The van der Waals surface area contributed by atoms with Gasteiger partial charge in [-0.05, 0) is 38.1 Å². The number of anilines is 1. The fourth-order valence-electron chi connectivity index (χ4n) is 2.87. The van der Waals surface area contributed by atoms with E-state index in [9.17, 15) is 0 Å². The fourth-order valence-corrected chi connectivity index (χ4v) is 3.94. The number of benzene rings is 2. The Labute approximate surface area is 138 Å². The summed E-state index contributed by atoms with van der Waals surface area (Å²) in [5.74, 6) is 0. The first-order chi connectivity index (χ1) is 10.7. The van der Waals surface area contributed by atoms with E-state index < -0.39 is 0 Å². The Hall–Kier alpha value is -1.45. The van der Waals surface area contributed by atoms with Crippen LogP contribution in [-0.2, 0) is 0 Å². The van der Waals surface area contributed by atoms with Crippen molar-refractivity contribution in [3.05, 3.63) is 60.2 Å². The van der Waals surface area contributed by atoms with Crippen LogP contribution in [0.3, 0.4) is 0 Å². The molecule has 0 aliphatic carbocycles. The maximum Gasteiger partial charge on any atom is 0.0577 e. The predicted octanol–water partition coefficient (Wildman–Crippen LogP) is 4.26. The molecule has 0 spiro atoms. The van der Waals surface area contributed by atoms with E-state index in [1.807, 2.05) is 11.8 Å². The normalized spacial score (nSPS) is 17.5.